The lowest BCUT2D eigenvalue weighted by molar-refractivity contribution is -0.133. The van der Waals surface area contributed by atoms with E-state index in [0.29, 0.717) is 5.16 Å². The number of carboxylic acids is 1. The fourth-order valence-electron chi connectivity index (χ4n) is 2.91. The Kier molecular flexibility index (Phi) is 4.12. The summed E-state index contributed by atoms with van der Waals surface area (Å²) in [5, 5.41) is 9.61. The SMILES string of the molecule is COC1CCCC1n1c(SCC(=O)O)nc2cccnc21. The van der Waals surface area contributed by atoms with E-state index in [1.54, 1.807) is 13.3 Å². The molecule has 2 heterocycles. The number of aliphatic carboxylic acids is 1. The second kappa shape index (κ2) is 6.03. The topological polar surface area (TPSA) is 77.2 Å². The number of methoxy groups -OCH3 is 1. The number of hydrogen-bond donors (Lipinski definition) is 1. The van der Waals surface area contributed by atoms with Crippen molar-refractivity contribution in [3.63, 3.8) is 0 Å². The van der Waals surface area contributed by atoms with Crippen LogP contribution in [0.3, 0.4) is 0 Å². The second-order valence-electron chi connectivity index (χ2n) is 5.07. The van der Waals surface area contributed by atoms with E-state index in [0.717, 1.165) is 30.4 Å². The van der Waals surface area contributed by atoms with Gasteiger partial charge in [0.15, 0.2) is 10.8 Å². The van der Waals surface area contributed by atoms with E-state index in [4.69, 9.17) is 9.84 Å². The molecule has 2 aromatic rings. The summed E-state index contributed by atoms with van der Waals surface area (Å²) in [4.78, 5) is 19.8. The van der Waals surface area contributed by atoms with Crippen molar-refractivity contribution in [3.05, 3.63) is 18.3 Å². The zero-order valence-corrected chi connectivity index (χ0v) is 12.5. The van der Waals surface area contributed by atoms with E-state index in [1.165, 1.54) is 11.8 Å². The summed E-state index contributed by atoms with van der Waals surface area (Å²) in [5.41, 5.74) is 1.60. The highest BCUT2D eigenvalue weighted by Crippen LogP contribution is 2.37. The van der Waals surface area contributed by atoms with E-state index in [9.17, 15) is 4.79 Å². The van der Waals surface area contributed by atoms with Gasteiger partial charge in [-0.1, -0.05) is 11.8 Å². The standard InChI is InChI=1S/C14H17N3O3S/c1-20-11-6-2-5-10(11)17-13-9(4-3-7-15-13)16-14(17)21-8-12(18)19/h3-4,7,10-11H,2,5-6,8H2,1H3,(H,18,19). The molecule has 6 nitrogen and oxygen atoms in total. The molecule has 0 amide bonds. The van der Waals surface area contributed by atoms with Crippen molar-refractivity contribution in [1.29, 1.82) is 0 Å². The van der Waals surface area contributed by atoms with Crippen molar-refractivity contribution in [2.45, 2.75) is 36.6 Å². The predicted octanol–water partition coefficient (Wildman–Crippen LogP) is 2.35. The average Bonchev–Trinajstić information content (AvgIpc) is 3.07. The van der Waals surface area contributed by atoms with Crippen LogP contribution in [0.15, 0.2) is 23.5 Å². The first-order chi connectivity index (χ1) is 10.2. The van der Waals surface area contributed by atoms with Gasteiger partial charge < -0.3 is 9.84 Å². The summed E-state index contributed by atoms with van der Waals surface area (Å²) in [6, 6.07) is 3.92. The normalized spacial score (nSPS) is 22.0. The fraction of sp³-hybridized carbons (Fsp3) is 0.500. The number of imidazole rings is 1. The summed E-state index contributed by atoms with van der Waals surface area (Å²) in [6.07, 6.45) is 4.98. The molecule has 0 saturated heterocycles. The number of fused-ring (bicyclic) bond motifs is 1. The molecular weight excluding hydrogens is 290 g/mol. The molecular formula is C14H17N3O3S. The van der Waals surface area contributed by atoms with Gasteiger partial charge in [0.2, 0.25) is 0 Å². The molecule has 0 bridgehead atoms. The van der Waals surface area contributed by atoms with Gasteiger partial charge >= 0.3 is 5.97 Å². The molecule has 0 aromatic carbocycles. The molecule has 1 aliphatic carbocycles. The van der Waals surface area contributed by atoms with Gasteiger partial charge in [-0.2, -0.15) is 0 Å². The van der Waals surface area contributed by atoms with Crippen LogP contribution in [0.5, 0.6) is 0 Å². The van der Waals surface area contributed by atoms with Crippen LogP contribution in [0.25, 0.3) is 11.2 Å². The highest BCUT2D eigenvalue weighted by molar-refractivity contribution is 7.99. The highest BCUT2D eigenvalue weighted by Gasteiger charge is 2.32. The van der Waals surface area contributed by atoms with Crippen LogP contribution in [0, 0.1) is 0 Å². The monoisotopic (exact) mass is 307 g/mol. The van der Waals surface area contributed by atoms with Gasteiger partial charge in [-0.25, -0.2) is 9.97 Å². The van der Waals surface area contributed by atoms with Crippen LogP contribution in [-0.2, 0) is 9.53 Å². The molecule has 1 saturated carbocycles. The van der Waals surface area contributed by atoms with Crippen LogP contribution in [0.4, 0.5) is 0 Å². The number of aromatic nitrogens is 3. The maximum atomic E-state index is 10.8. The first kappa shape index (κ1) is 14.3. The van der Waals surface area contributed by atoms with Gasteiger partial charge in [-0.05, 0) is 31.4 Å². The Hall–Kier alpha value is -1.60. The third kappa shape index (κ3) is 2.75. The van der Waals surface area contributed by atoms with Crippen LogP contribution in [0.1, 0.15) is 25.3 Å². The highest BCUT2D eigenvalue weighted by atomic mass is 32.2. The minimum absolute atomic E-state index is 0.00626. The molecule has 2 aromatic heterocycles. The minimum atomic E-state index is -0.846. The van der Waals surface area contributed by atoms with E-state index < -0.39 is 5.97 Å². The second-order valence-corrected chi connectivity index (χ2v) is 6.01. The smallest absolute Gasteiger partial charge is 0.313 e. The van der Waals surface area contributed by atoms with Crippen molar-refractivity contribution >= 4 is 28.9 Å². The third-order valence-electron chi connectivity index (χ3n) is 3.79. The van der Waals surface area contributed by atoms with Crippen LogP contribution in [0.2, 0.25) is 0 Å². The van der Waals surface area contributed by atoms with E-state index in [1.807, 2.05) is 12.1 Å². The Balaban J connectivity index is 2.04. The molecule has 112 valence electrons. The Morgan fingerprint density at radius 1 is 1.57 bits per heavy atom. The number of pyridine rings is 1. The molecule has 2 atom stereocenters. The fourth-order valence-corrected chi connectivity index (χ4v) is 3.69. The number of carbonyl (C=O) groups is 1. The Bertz CT molecular complexity index is 658. The van der Waals surface area contributed by atoms with Gasteiger partial charge in [-0.15, -0.1) is 0 Å². The Labute approximate surface area is 126 Å². The molecule has 3 rings (SSSR count). The quantitative estimate of drug-likeness (QED) is 0.854. The van der Waals surface area contributed by atoms with Crippen molar-refractivity contribution in [2.24, 2.45) is 0 Å². The van der Waals surface area contributed by atoms with Crippen LogP contribution < -0.4 is 0 Å². The number of ether oxygens (including phenoxy) is 1. The molecule has 0 spiro atoms. The third-order valence-corrected chi connectivity index (χ3v) is 4.73. The largest absolute Gasteiger partial charge is 0.481 e. The van der Waals surface area contributed by atoms with Crippen molar-refractivity contribution in [1.82, 2.24) is 14.5 Å². The first-order valence-corrected chi connectivity index (χ1v) is 7.89. The lowest BCUT2D eigenvalue weighted by atomic mass is 10.2. The van der Waals surface area contributed by atoms with Gasteiger partial charge in [0.25, 0.3) is 0 Å². The molecule has 7 heteroatoms. The van der Waals surface area contributed by atoms with Gasteiger partial charge in [0, 0.05) is 13.3 Å². The van der Waals surface area contributed by atoms with Crippen LogP contribution in [-0.4, -0.2) is 44.6 Å². The van der Waals surface area contributed by atoms with E-state index in [2.05, 4.69) is 14.5 Å². The maximum Gasteiger partial charge on any atom is 0.313 e. The molecule has 0 radical (unpaired) electrons. The molecule has 2 unspecified atom stereocenters. The number of hydrogen-bond acceptors (Lipinski definition) is 5. The Morgan fingerprint density at radius 3 is 3.19 bits per heavy atom. The minimum Gasteiger partial charge on any atom is -0.481 e. The molecule has 21 heavy (non-hydrogen) atoms. The first-order valence-electron chi connectivity index (χ1n) is 6.91. The number of thioether (sulfide) groups is 1. The lowest BCUT2D eigenvalue weighted by Gasteiger charge is -2.21. The number of rotatable bonds is 5. The lowest BCUT2D eigenvalue weighted by Crippen LogP contribution is -2.21. The summed E-state index contributed by atoms with van der Waals surface area (Å²) in [7, 11) is 1.72. The van der Waals surface area contributed by atoms with Gasteiger partial charge in [0.1, 0.15) is 5.52 Å². The summed E-state index contributed by atoms with van der Waals surface area (Å²) in [6.45, 7) is 0. The maximum absolute atomic E-state index is 10.8. The molecule has 0 aliphatic heterocycles. The van der Waals surface area contributed by atoms with Crippen molar-refractivity contribution < 1.29 is 14.6 Å². The van der Waals surface area contributed by atoms with Gasteiger partial charge in [0.05, 0.1) is 17.9 Å². The van der Waals surface area contributed by atoms with Crippen molar-refractivity contribution in [2.75, 3.05) is 12.9 Å². The van der Waals surface area contributed by atoms with Crippen LogP contribution >= 0.6 is 11.8 Å². The zero-order valence-electron chi connectivity index (χ0n) is 11.7. The summed E-state index contributed by atoms with van der Waals surface area (Å²) >= 11 is 1.24. The molecule has 1 fully saturated rings. The predicted molar refractivity (Wildman–Crippen MR) is 79.6 cm³/mol. The van der Waals surface area contributed by atoms with E-state index in [-0.39, 0.29) is 17.9 Å². The zero-order chi connectivity index (χ0) is 14.8. The summed E-state index contributed by atoms with van der Waals surface area (Å²) < 4.78 is 7.63. The molecule has 1 N–H and O–H groups in total. The molecule has 1 aliphatic rings. The average molecular weight is 307 g/mol. The summed E-state index contributed by atoms with van der Waals surface area (Å²) in [5.74, 6) is -0.852. The van der Waals surface area contributed by atoms with Gasteiger partial charge in [-0.3, -0.25) is 9.36 Å². The number of nitrogens with zero attached hydrogens (tertiary/aromatic N) is 3. The van der Waals surface area contributed by atoms with Crippen molar-refractivity contribution in [3.8, 4) is 0 Å². The Morgan fingerprint density at radius 2 is 2.43 bits per heavy atom. The number of carboxylic acid groups (broad SMARTS) is 1. The van der Waals surface area contributed by atoms with E-state index >= 15 is 0 Å².